The van der Waals surface area contributed by atoms with E-state index in [1.807, 2.05) is 38.3 Å². The van der Waals surface area contributed by atoms with E-state index in [2.05, 4.69) is 10.4 Å². The Bertz CT molecular complexity index is 1120. The predicted octanol–water partition coefficient (Wildman–Crippen LogP) is 4.55. The lowest BCUT2D eigenvalue weighted by atomic mass is 10.2. The number of benzene rings is 2. The summed E-state index contributed by atoms with van der Waals surface area (Å²) in [4.78, 5) is 25.1. The van der Waals surface area contributed by atoms with Gasteiger partial charge in [-0.3, -0.25) is 4.79 Å². The average molecular weight is 440 g/mol. The number of anilines is 1. The van der Waals surface area contributed by atoms with Gasteiger partial charge in [0.05, 0.1) is 11.4 Å². The van der Waals surface area contributed by atoms with Crippen LogP contribution in [0.15, 0.2) is 59.5 Å². The number of nitrogens with one attached hydrogen (secondary N) is 1. The summed E-state index contributed by atoms with van der Waals surface area (Å²) >= 11 is 1.57. The van der Waals surface area contributed by atoms with Gasteiger partial charge in [-0.1, -0.05) is 6.07 Å². The molecule has 0 aliphatic carbocycles. The van der Waals surface area contributed by atoms with Crippen molar-refractivity contribution in [1.29, 1.82) is 0 Å². The van der Waals surface area contributed by atoms with Crippen LogP contribution < -0.4 is 5.32 Å². The zero-order valence-electron chi connectivity index (χ0n) is 17.4. The summed E-state index contributed by atoms with van der Waals surface area (Å²) in [6.45, 7) is 3.28. The number of aryl methyl sites for hydroxylation is 1. The van der Waals surface area contributed by atoms with Crippen molar-refractivity contribution in [2.75, 3.05) is 18.2 Å². The summed E-state index contributed by atoms with van der Waals surface area (Å²) in [7, 11) is 0. The molecule has 1 heterocycles. The van der Waals surface area contributed by atoms with Crippen LogP contribution >= 0.6 is 11.8 Å². The van der Waals surface area contributed by atoms with Crippen molar-refractivity contribution in [2.24, 2.45) is 0 Å². The number of ether oxygens (including phenoxy) is 1. The molecule has 0 atom stereocenters. The first-order valence-electron chi connectivity index (χ1n) is 9.48. The molecule has 1 N–H and O–H groups in total. The summed E-state index contributed by atoms with van der Waals surface area (Å²) < 4.78 is 19.9. The predicted molar refractivity (Wildman–Crippen MR) is 120 cm³/mol. The van der Waals surface area contributed by atoms with E-state index in [0.29, 0.717) is 17.1 Å². The van der Waals surface area contributed by atoms with Gasteiger partial charge < -0.3 is 10.1 Å². The standard InChI is InChI=1S/C23H22FN3O3S/c1-15-21(16(2)27(26-15)19-9-7-17(24)8-10-19)11-12-23(29)30-14-22(28)25-18-5-4-6-20(13-18)31-3/h4-13H,14H2,1-3H3,(H,25,28)/b12-11+. The summed E-state index contributed by atoms with van der Waals surface area (Å²) in [5, 5.41) is 7.14. The SMILES string of the molecule is CSc1cccc(NC(=O)COC(=O)/C=C/c2c(C)nn(-c3ccc(F)cc3)c2C)c1. The highest BCUT2D eigenvalue weighted by Crippen LogP contribution is 2.20. The second-order valence-electron chi connectivity index (χ2n) is 6.69. The third kappa shape index (κ3) is 5.82. The lowest BCUT2D eigenvalue weighted by Crippen LogP contribution is -2.20. The Morgan fingerprint density at radius 1 is 1.19 bits per heavy atom. The zero-order chi connectivity index (χ0) is 22.4. The average Bonchev–Trinajstić information content (AvgIpc) is 3.04. The molecule has 0 spiro atoms. The minimum Gasteiger partial charge on any atom is -0.452 e. The molecule has 0 bridgehead atoms. The minimum absolute atomic E-state index is 0.325. The molecule has 2 aromatic carbocycles. The van der Waals surface area contributed by atoms with E-state index in [1.54, 1.807) is 40.7 Å². The molecule has 160 valence electrons. The topological polar surface area (TPSA) is 73.2 Å². The van der Waals surface area contributed by atoms with Crippen LogP contribution in [0, 0.1) is 19.7 Å². The zero-order valence-corrected chi connectivity index (χ0v) is 18.2. The molecule has 0 aliphatic rings. The monoisotopic (exact) mass is 439 g/mol. The third-order valence-electron chi connectivity index (χ3n) is 4.50. The van der Waals surface area contributed by atoms with Crippen molar-refractivity contribution in [3.63, 3.8) is 0 Å². The fraction of sp³-hybridized carbons (Fsp3) is 0.174. The van der Waals surface area contributed by atoms with E-state index in [9.17, 15) is 14.0 Å². The number of hydrogen-bond acceptors (Lipinski definition) is 5. The van der Waals surface area contributed by atoms with Gasteiger partial charge in [0.2, 0.25) is 0 Å². The lowest BCUT2D eigenvalue weighted by molar-refractivity contribution is -0.142. The maximum Gasteiger partial charge on any atom is 0.331 e. The molecule has 31 heavy (non-hydrogen) atoms. The van der Waals surface area contributed by atoms with E-state index in [-0.39, 0.29) is 12.4 Å². The maximum absolute atomic E-state index is 13.2. The van der Waals surface area contributed by atoms with Gasteiger partial charge in [-0.05, 0) is 68.6 Å². The number of carbonyl (C=O) groups excluding carboxylic acids is 2. The molecule has 0 aliphatic heterocycles. The van der Waals surface area contributed by atoms with Crippen molar-refractivity contribution >= 4 is 35.4 Å². The van der Waals surface area contributed by atoms with Crippen LogP contribution in [0.2, 0.25) is 0 Å². The van der Waals surface area contributed by atoms with Crippen LogP contribution in [-0.2, 0) is 14.3 Å². The highest BCUT2D eigenvalue weighted by Gasteiger charge is 2.12. The molecule has 3 aromatic rings. The first kappa shape index (κ1) is 22.3. The number of halogens is 1. The quantitative estimate of drug-likeness (QED) is 0.332. The Kier molecular flexibility index (Phi) is 7.25. The van der Waals surface area contributed by atoms with E-state index in [0.717, 1.165) is 16.2 Å². The Morgan fingerprint density at radius 2 is 1.94 bits per heavy atom. The lowest BCUT2D eigenvalue weighted by Gasteiger charge is -2.06. The van der Waals surface area contributed by atoms with Gasteiger partial charge in [0.1, 0.15) is 5.82 Å². The van der Waals surface area contributed by atoms with Crippen molar-refractivity contribution in [3.05, 3.63) is 77.4 Å². The number of carbonyl (C=O) groups is 2. The first-order chi connectivity index (χ1) is 14.9. The smallest absolute Gasteiger partial charge is 0.331 e. The van der Waals surface area contributed by atoms with Gasteiger partial charge in [0.15, 0.2) is 6.61 Å². The molecule has 3 rings (SSSR count). The fourth-order valence-electron chi connectivity index (χ4n) is 2.96. The molecule has 0 unspecified atom stereocenters. The van der Waals surface area contributed by atoms with Gasteiger partial charge in [-0.2, -0.15) is 5.10 Å². The molecule has 1 amide bonds. The molecular weight excluding hydrogens is 417 g/mol. The number of hydrogen-bond donors (Lipinski definition) is 1. The highest BCUT2D eigenvalue weighted by molar-refractivity contribution is 7.98. The van der Waals surface area contributed by atoms with Crippen molar-refractivity contribution < 1.29 is 18.7 Å². The first-order valence-corrected chi connectivity index (χ1v) is 10.7. The van der Waals surface area contributed by atoms with Gasteiger partial charge in [0.25, 0.3) is 5.91 Å². The number of amides is 1. The Labute approximate surface area is 184 Å². The highest BCUT2D eigenvalue weighted by atomic mass is 32.2. The molecular formula is C23H22FN3O3S. The van der Waals surface area contributed by atoms with Crippen molar-refractivity contribution in [2.45, 2.75) is 18.7 Å². The largest absolute Gasteiger partial charge is 0.452 e. The van der Waals surface area contributed by atoms with Crippen LogP contribution in [0.25, 0.3) is 11.8 Å². The summed E-state index contributed by atoms with van der Waals surface area (Å²) in [5.74, 6) is -1.38. The van der Waals surface area contributed by atoms with Gasteiger partial charge >= 0.3 is 5.97 Å². The Hall–Kier alpha value is -3.39. The van der Waals surface area contributed by atoms with E-state index >= 15 is 0 Å². The maximum atomic E-state index is 13.2. The van der Waals surface area contributed by atoms with E-state index in [4.69, 9.17) is 4.74 Å². The number of esters is 1. The molecule has 6 nitrogen and oxygen atoms in total. The number of aromatic nitrogens is 2. The molecule has 0 saturated heterocycles. The van der Waals surface area contributed by atoms with E-state index in [1.165, 1.54) is 18.2 Å². The number of rotatable bonds is 7. The van der Waals surface area contributed by atoms with E-state index < -0.39 is 11.9 Å². The van der Waals surface area contributed by atoms with Gasteiger partial charge in [-0.25, -0.2) is 13.9 Å². The minimum atomic E-state index is -0.638. The van der Waals surface area contributed by atoms with Gasteiger partial charge in [0, 0.05) is 27.9 Å². The molecule has 8 heteroatoms. The normalized spacial score (nSPS) is 11.0. The molecule has 1 aromatic heterocycles. The van der Waals surface area contributed by atoms with Crippen molar-refractivity contribution in [3.8, 4) is 5.69 Å². The third-order valence-corrected chi connectivity index (χ3v) is 5.23. The number of nitrogens with zero attached hydrogens (tertiary/aromatic N) is 2. The fourth-order valence-corrected chi connectivity index (χ4v) is 3.42. The van der Waals surface area contributed by atoms with Gasteiger partial charge in [-0.15, -0.1) is 11.8 Å². The number of thioether (sulfide) groups is 1. The second-order valence-corrected chi connectivity index (χ2v) is 7.57. The molecule has 0 radical (unpaired) electrons. The Morgan fingerprint density at radius 3 is 2.65 bits per heavy atom. The summed E-state index contributed by atoms with van der Waals surface area (Å²) in [6.07, 6.45) is 4.80. The summed E-state index contributed by atoms with van der Waals surface area (Å²) in [5.41, 5.74) is 3.60. The molecule has 0 fully saturated rings. The van der Waals surface area contributed by atoms with Crippen molar-refractivity contribution in [1.82, 2.24) is 9.78 Å². The second kappa shape index (κ2) is 10.1. The van der Waals surface area contributed by atoms with Crippen LogP contribution in [0.1, 0.15) is 17.0 Å². The summed E-state index contributed by atoms with van der Waals surface area (Å²) in [6, 6.07) is 13.4. The molecule has 0 saturated carbocycles. The van der Waals surface area contributed by atoms with Crippen LogP contribution in [-0.4, -0.2) is 34.5 Å². The Balaban J connectivity index is 1.59. The van der Waals surface area contributed by atoms with Crippen LogP contribution in [0.5, 0.6) is 0 Å². The van der Waals surface area contributed by atoms with Crippen LogP contribution in [0.3, 0.4) is 0 Å². The van der Waals surface area contributed by atoms with Crippen LogP contribution in [0.4, 0.5) is 10.1 Å².